The van der Waals surface area contributed by atoms with Crippen molar-refractivity contribution in [2.75, 3.05) is 32.6 Å². The quantitative estimate of drug-likeness (QED) is 0.858. The molecular formula is C15H24N2O2. The number of nitrogens with zero attached hydrogens (tertiary/aromatic N) is 1. The highest BCUT2D eigenvalue weighted by atomic mass is 16.5. The van der Waals surface area contributed by atoms with Gasteiger partial charge in [0.05, 0.1) is 18.3 Å². The van der Waals surface area contributed by atoms with Crippen molar-refractivity contribution >= 4 is 11.6 Å². The van der Waals surface area contributed by atoms with E-state index in [0.717, 1.165) is 11.3 Å². The van der Waals surface area contributed by atoms with Crippen LogP contribution in [-0.4, -0.2) is 44.2 Å². The van der Waals surface area contributed by atoms with E-state index >= 15 is 0 Å². The summed E-state index contributed by atoms with van der Waals surface area (Å²) in [5.41, 5.74) is 2.64. The van der Waals surface area contributed by atoms with E-state index in [1.807, 2.05) is 46.0 Å². The molecule has 0 aliphatic rings. The molecule has 0 heterocycles. The van der Waals surface area contributed by atoms with Crippen LogP contribution in [0.5, 0.6) is 0 Å². The maximum atomic E-state index is 12.4. The summed E-state index contributed by atoms with van der Waals surface area (Å²) in [6.45, 7) is 7.11. The lowest BCUT2D eigenvalue weighted by atomic mass is 10.1. The number of benzene rings is 1. The fourth-order valence-electron chi connectivity index (χ4n) is 1.79. The van der Waals surface area contributed by atoms with Crippen molar-refractivity contribution in [3.63, 3.8) is 0 Å². The van der Waals surface area contributed by atoms with E-state index in [9.17, 15) is 4.79 Å². The van der Waals surface area contributed by atoms with E-state index in [1.54, 1.807) is 11.9 Å². The minimum Gasteiger partial charge on any atom is -0.387 e. The number of amides is 1. The van der Waals surface area contributed by atoms with E-state index in [-0.39, 0.29) is 12.0 Å². The van der Waals surface area contributed by atoms with Crippen LogP contribution in [0.25, 0.3) is 0 Å². The SMILES string of the molecule is CNc1ccc(C)cc1C(=O)N(C)CCOC(C)C. The van der Waals surface area contributed by atoms with Crippen LogP contribution in [0.2, 0.25) is 0 Å². The normalized spacial score (nSPS) is 10.6. The molecule has 0 atom stereocenters. The third-order valence-electron chi connectivity index (χ3n) is 2.90. The maximum Gasteiger partial charge on any atom is 0.255 e. The van der Waals surface area contributed by atoms with Gasteiger partial charge < -0.3 is 15.0 Å². The average molecular weight is 264 g/mol. The molecule has 0 saturated carbocycles. The Hall–Kier alpha value is -1.55. The molecule has 106 valence electrons. The minimum atomic E-state index is 0.0143. The number of aryl methyl sites for hydroxylation is 1. The van der Waals surface area contributed by atoms with Gasteiger partial charge in [-0.3, -0.25) is 4.79 Å². The number of likely N-dealkylation sites (N-methyl/N-ethyl adjacent to an activating group) is 1. The summed E-state index contributed by atoms with van der Waals surface area (Å²) < 4.78 is 5.47. The first kappa shape index (κ1) is 15.5. The van der Waals surface area contributed by atoms with Gasteiger partial charge >= 0.3 is 0 Å². The van der Waals surface area contributed by atoms with E-state index in [2.05, 4.69) is 5.32 Å². The van der Waals surface area contributed by atoms with Gasteiger partial charge in [0, 0.05) is 26.3 Å². The molecule has 1 N–H and O–H groups in total. The highest BCUT2D eigenvalue weighted by molar-refractivity contribution is 5.99. The summed E-state index contributed by atoms with van der Waals surface area (Å²) in [5.74, 6) is 0.0143. The topological polar surface area (TPSA) is 41.6 Å². The monoisotopic (exact) mass is 264 g/mol. The Morgan fingerprint density at radius 1 is 1.42 bits per heavy atom. The Kier molecular flexibility index (Phi) is 5.83. The zero-order valence-electron chi connectivity index (χ0n) is 12.5. The molecule has 0 unspecified atom stereocenters. The number of hydrogen-bond donors (Lipinski definition) is 1. The van der Waals surface area contributed by atoms with Crippen LogP contribution in [0, 0.1) is 6.92 Å². The van der Waals surface area contributed by atoms with Crippen LogP contribution in [0.15, 0.2) is 18.2 Å². The number of rotatable bonds is 6. The number of ether oxygens (including phenoxy) is 1. The van der Waals surface area contributed by atoms with Gasteiger partial charge in [-0.25, -0.2) is 0 Å². The number of anilines is 1. The van der Waals surface area contributed by atoms with Crippen molar-refractivity contribution in [1.29, 1.82) is 0 Å². The summed E-state index contributed by atoms with van der Waals surface area (Å²) in [7, 11) is 3.62. The third-order valence-corrected chi connectivity index (χ3v) is 2.90. The van der Waals surface area contributed by atoms with Gasteiger partial charge in [-0.15, -0.1) is 0 Å². The number of hydrogen-bond acceptors (Lipinski definition) is 3. The molecule has 1 aromatic carbocycles. The number of carbonyl (C=O) groups is 1. The van der Waals surface area contributed by atoms with Crippen molar-refractivity contribution in [2.45, 2.75) is 26.9 Å². The smallest absolute Gasteiger partial charge is 0.255 e. The molecule has 0 aliphatic carbocycles. The van der Waals surface area contributed by atoms with Gasteiger partial charge in [0.15, 0.2) is 0 Å². The molecule has 4 heteroatoms. The van der Waals surface area contributed by atoms with E-state index in [1.165, 1.54) is 0 Å². The maximum absolute atomic E-state index is 12.4. The Balaban J connectivity index is 2.73. The second-order valence-corrected chi connectivity index (χ2v) is 4.95. The average Bonchev–Trinajstić information content (AvgIpc) is 2.37. The molecular weight excluding hydrogens is 240 g/mol. The van der Waals surface area contributed by atoms with Gasteiger partial charge in [0.1, 0.15) is 0 Å². The second-order valence-electron chi connectivity index (χ2n) is 4.95. The van der Waals surface area contributed by atoms with E-state index in [0.29, 0.717) is 18.7 Å². The standard InChI is InChI=1S/C15H24N2O2/c1-11(2)19-9-8-17(5)15(18)13-10-12(3)6-7-14(13)16-4/h6-7,10-11,16H,8-9H2,1-5H3. The van der Waals surface area contributed by atoms with Gasteiger partial charge in [-0.1, -0.05) is 11.6 Å². The van der Waals surface area contributed by atoms with Crippen molar-refractivity contribution < 1.29 is 9.53 Å². The third kappa shape index (κ3) is 4.56. The summed E-state index contributed by atoms with van der Waals surface area (Å²) >= 11 is 0. The number of carbonyl (C=O) groups excluding carboxylic acids is 1. The molecule has 0 bridgehead atoms. The van der Waals surface area contributed by atoms with Crippen molar-refractivity contribution in [1.82, 2.24) is 4.90 Å². The van der Waals surface area contributed by atoms with Gasteiger partial charge in [0.2, 0.25) is 0 Å². The predicted octanol–water partition coefficient (Wildman–Crippen LogP) is 2.53. The van der Waals surface area contributed by atoms with E-state index in [4.69, 9.17) is 4.74 Å². The molecule has 0 spiro atoms. The zero-order chi connectivity index (χ0) is 14.4. The van der Waals surface area contributed by atoms with Crippen molar-refractivity contribution in [3.8, 4) is 0 Å². The molecule has 0 fully saturated rings. The lowest BCUT2D eigenvalue weighted by Crippen LogP contribution is -2.31. The minimum absolute atomic E-state index is 0.0143. The first-order valence-electron chi connectivity index (χ1n) is 6.61. The summed E-state index contributed by atoms with van der Waals surface area (Å²) in [6, 6.07) is 5.83. The van der Waals surface area contributed by atoms with Crippen molar-refractivity contribution in [3.05, 3.63) is 29.3 Å². The molecule has 1 rings (SSSR count). The molecule has 0 saturated heterocycles. The molecule has 0 radical (unpaired) electrons. The summed E-state index contributed by atoms with van der Waals surface area (Å²) in [4.78, 5) is 14.1. The Bertz CT molecular complexity index is 430. The van der Waals surface area contributed by atoms with Crippen LogP contribution in [-0.2, 0) is 4.74 Å². The summed E-state index contributed by atoms with van der Waals surface area (Å²) in [6.07, 6.45) is 0.190. The van der Waals surface area contributed by atoms with Crippen LogP contribution >= 0.6 is 0 Å². The Morgan fingerprint density at radius 2 is 2.11 bits per heavy atom. The Morgan fingerprint density at radius 3 is 2.68 bits per heavy atom. The van der Waals surface area contributed by atoms with Crippen LogP contribution in [0.1, 0.15) is 29.8 Å². The van der Waals surface area contributed by atoms with Crippen LogP contribution < -0.4 is 5.32 Å². The predicted molar refractivity (Wildman–Crippen MR) is 78.8 cm³/mol. The number of nitrogens with one attached hydrogen (secondary N) is 1. The second kappa shape index (κ2) is 7.14. The van der Waals surface area contributed by atoms with Crippen molar-refractivity contribution in [2.24, 2.45) is 0 Å². The molecule has 0 aliphatic heterocycles. The lowest BCUT2D eigenvalue weighted by Gasteiger charge is -2.20. The van der Waals surface area contributed by atoms with Gasteiger partial charge in [0.25, 0.3) is 5.91 Å². The van der Waals surface area contributed by atoms with Gasteiger partial charge in [-0.2, -0.15) is 0 Å². The Labute approximate surface area is 115 Å². The molecule has 4 nitrogen and oxygen atoms in total. The molecule has 1 amide bonds. The highest BCUT2D eigenvalue weighted by Gasteiger charge is 2.15. The molecule has 19 heavy (non-hydrogen) atoms. The molecule has 0 aromatic heterocycles. The molecule has 1 aromatic rings. The zero-order valence-corrected chi connectivity index (χ0v) is 12.5. The highest BCUT2D eigenvalue weighted by Crippen LogP contribution is 2.18. The first-order valence-corrected chi connectivity index (χ1v) is 6.61. The first-order chi connectivity index (χ1) is 8.95. The van der Waals surface area contributed by atoms with E-state index < -0.39 is 0 Å². The summed E-state index contributed by atoms with van der Waals surface area (Å²) in [5, 5.41) is 3.05. The van der Waals surface area contributed by atoms with Crippen LogP contribution in [0.3, 0.4) is 0 Å². The van der Waals surface area contributed by atoms with Gasteiger partial charge in [-0.05, 0) is 32.9 Å². The fraction of sp³-hybridized carbons (Fsp3) is 0.533. The lowest BCUT2D eigenvalue weighted by molar-refractivity contribution is 0.0532. The fourth-order valence-corrected chi connectivity index (χ4v) is 1.79. The largest absolute Gasteiger partial charge is 0.387 e. The van der Waals surface area contributed by atoms with Crippen LogP contribution in [0.4, 0.5) is 5.69 Å².